The predicted molar refractivity (Wildman–Crippen MR) is 186 cm³/mol. The number of amidine groups is 1. The lowest BCUT2D eigenvalue weighted by Crippen LogP contribution is -2.27. The molecule has 1 aliphatic heterocycles. The molecule has 4 aromatic carbocycles. The molecule has 10 heteroatoms. The number of hydrogen-bond donors (Lipinski definition) is 1. The number of aliphatic imine (C=N–C) groups is 2. The van der Waals surface area contributed by atoms with Crippen molar-refractivity contribution in [2.24, 2.45) is 9.98 Å². The van der Waals surface area contributed by atoms with Crippen molar-refractivity contribution in [3.8, 4) is 0 Å². The van der Waals surface area contributed by atoms with Gasteiger partial charge in [-0.25, -0.2) is 19.6 Å². The highest BCUT2D eigenvalue weighted by atomic mass is 32.2. The first-order chi connectivity index (χ1) is 21.9. The Balaban J connectivity index is 1.58. The smallest absolute Gasteiger partial charge is 0.338 e. The number of benzene rings is 4. The molecule has 1 heterocycles. The summed E-state index contributed by atoms with van der Waals surface area (Å²) < 4.78 is 10.2. The number of anilines is 2. The van der Waals surface area contributed by atoms with E-state index in [-0.39, 0.29) is 5.97 Å². The molecule has 0 aliphatic carbocycles. The second-order valence-corrected chi connectivity index (χ2v) is 10.9. The zero-order valence-corrected chi connectivity index (χ0v) is 26.3. The maximum absolute atomic E-state index is 12.2. The normalized spacial score (nSPS) is 15.3. The third-order valence-electron chi connectivity index (χ3n) is 6.36. The van der Waals surface area contributed by atoms with Crippen LogP contribution in [0.4, 0.5) is 22.7 Å². The first-order valence-electron chi connectivity index (χ1n) is 14.3. The molecule has 1 fully saturated rings. The summed E-state index contributed by atoms with van der Waals surface area (Å²) in [6, 6.07) is 33.3. The van der Waals surface area contributed by atoms with Crippen LogP contribution in [0.25, 0.3) is 0 Å². The van der Waals surface area contributed by atoms with Crippen molar-refractivity contribution >= 4 is 74.5 Å². The van der Waals surface area contributed by atoms with E-state index in [1.807, 2.05) is 71.6 Å². The summed E-state index contributed by atoms with van der Waals surface area (Å²) >= 11 is 7.16. The summed E-state index contributed by atoms with van der Waals surface area (Å²) in [7, 11) is 0. The van der Waals surface area contributed by atoms with E-state index in [1.54, 1.807) is 62.4 Å². The van der Waals surface area contributed by atoms with Crippen LogP contribution >= 0.6 is 24.0 Å². The summed E-state index contributed by atoms with van der Waals surface area (Å²) in [6.07, 6.45) is 1.88. The monoisotopic (exact) mass is 634 g/mol. The SMILES string of the molecule is CCOC(=O)c1ccc(N=C2SC(=CC(=S)Nc3ccccc3)N(c3ccccc3)C2=Nc2ccc(C(=O)OCC)cc2)cc1. The Hall–Kier alpha value is -5.06. The van der Waals surface area contributed by atoms with Gasteiger partial charge < -0.3 is 14.8 Å². The number of nitrogens with one attached hydrogen (secondary N) is 1. The van der Waals surface area contributed by atoms with Gasteiger partial charge in [-0.15, -0.1) is 0 Å². The van der Waals surface area contributed by atoms with Gasteiger partial charge in [-0.2, -0.15) is 0 Å². The van der Waals surface area contributed by atoms with Gasteiger partial charge in [0, 0.05) is 17.5 Å². The topological polar surface area (TPSA) is 92.6 Å². The van der Waals surface area contributed by atoms with Gasteiger partial charge in [0.15, 0.2) is 5.84 Å². The van der Waals surface area contributed by atoms with Crippen molar-refractivity contribution in [3.05, 3.63) is 131 Å². The third kappa shape index (κ3) is 8.11. The van der Waals surface area contributed by atoms with Crippen LogP contribution < -0.4 is 10.2 Å². The van der Waals surface area contributed by atoms with E-state index in [4.69, 9.17) is 31.7 Å². The first-order valence-corrected chi connectivity index (χ1v) is 15.5. The van der Waals surface area contributed by atoms with E-state index in [0.717, 1.165) is 16.4 Å². The number of carbonyl (C=O) groups excluding carboxylic acids is 2. The molecule has 0 spiro atoms. The minimum Gasteiger partial charge on any atom is -0.462 e. The number of ether oxygens (including phenoxy) is 2. The van der Waals surface area contributed by atoms with Gasteiger partial charge in [0.05, 0.1) is 40.7 Å². The van der Waals surface area contributed by atoms with Crippen LogP contribution in [-0.4, -0.2) is 41.0 Å². The largest absolute Gasteiger partial charge is 0.462 e. The highest BCUT2D eigenvalue weighted by Gasteiger charge is 2.33. The van der Waals surface area contributed by atoms with Gasteiger partial charge in [-0.3, -0.25) is 4.90 Å². The van der Waals surface area contributed by atoms with Gasteiger partial charge in [0.25, 0.3) is 0 Å². The molecule has 0 radical (unpaired) electrons. The minimum atomic E-state index is -0.391. The molecule has 0 amide bonds. The summed E-state index contributed by atoms with van der Waals surface area (Å²) in [5.74, 6) is -0.212. The molecule has 0 saturated carbocycles. The van der Waals surface area contributed by atoms with E-state index in [9.17, 15) is 9.59 Å². The number of para-hydroxylation sites is 2. The highest BCUT2D eigenvalue weighted by Crippen LogP contribution is 2.39. The minimum absolute atomic E-state index is 0.294. The molecule has 0 aromatic heterocycles. The van der Waals surface area contributed by atoms with Gasteiger partial charge >= 0.3 is 11.9 Å². The van der Waals surface area contributed by atoms with Crippen molar-refractivity contribution in [2.45, 2.75) is 13.8 Å². The lowest BCUT2D eigenvalue weighted by molar-refractivity contribution is 0.0517. The quantitative estimate of drug-likeness (QED) is 0.112. The Kier molecular flexibility index (Phi) is 10.5. The number of thiocarbonyl (C=S) groups is 1. The maximum Gasteiger partial charge on any atom is 0.338 e. The molecule has 8 nitrogen and oxygen atoms in total. The number of hydrogen-bond acceptors (Lipinski definition) is 8. The van der Waals surface area contributed by atoms with Crippen LogP contribution in [0.3, 0.4) is 0 Å². The second-order valence-electron chi connectivity index (χ2n) is 9.50. The molecular weight excluding hydrogens is 605 g/mol. The van der Waals surface area contributed by atoms with Gasteiger partial charge in [-0.05, 0) is 98.4 Å². The zero-order chi connectivity index (χ0) is 31.6. The van der Waals surface area contributed by atoms with Gasteiger partial charge in [0.2, 0.25) is 0 Å². The molecule has 5 rings (SSSR count). The van der Waals surface area contributed by atoms with Crippen molar-refractivity contribution in [2.75, 3.05) is 23.4 Å². The fourth-order valence-corrected chi connectivity index (χ4v) is 5.65. The first kappa shape index (κ1) is 31.4. The summed E-state index contributed by atoms with van der Waals surface area (Å²) in [4.78, 5) is 36.9. The standard InChI is InChI=1S/C35H30N4O4S2/c1-3-42-34(40)24-15-19-27(20-16-24)37-32-33(38-28-21-17-25(18-22-28)35(41)43-4-2)45-31(39(32)29-13-9-6-10-14-29)23-30(44)36-26-11-7-5-8-12-26/h5-23H,3-4H2,1-2H3,(H,36,44). The van der Waals surface area contributed by atoms with Crippen molar-refractivity contribution in [3.63, 3.8) is 0 Å². The van der Waals surface area contributed by atoms with Crippen LogP contribution in [0, 0.1) is 0 Å². The summed E-state index contributed by atoms with van der Waals surface area (Å²) in [6.45, 7) is 4.13. The molecule has 1 saturated heterocycles. The molecule has 4 aromatic rings. The number of carbonyl (C=O) groups is 2. The number of nitrogens with zero attached hydrogens (tertiary/aromatic N) is 3. The zero-order valence-electron chi connectivity index (χ0n) is 24.7. The third-order valence-corrected chi connectivity index (χ3v) is 7.55. The van der Waals surface area contributed by atoms with Gasteiger partial charge in [0.1, 0.15) is 10.0 Å². The molecule has 1 aliphatic rings. The van der Waals surface area contributed by atoms with Crippen molar-refractivity contribution in [1.82, 2.24) is 0 Å². The van der Waals surface area contributed by atoms with Crippen molar-refractivity contribution in [1.29, 1.82) is 0 Å². The average Bonchev–Trinajstić information content (AvgIpc) is 3.38. The molecule has 226 valence electrons. The predicted octanol–water partition coefficient (Wildman–Crippen LogP) is 8.33. The lowest BCUT2D eigenvalue weighted by atomic mass is 10.2. The van der Waals surface area contributed by atoms with E-state index in [1.165, 1.54) is 11.8 Å². The van der Waals surface area contributed by atoms with E-state index < -0.39 is 5.97 Å². The number of rotatable bonds is 9. The molecular formula is C35H30N4O4S2. The fourth-order valence-electron chi connectivity index (χ4n) is 4.31. The lowest BCUT2D eigenvalue weighted by Gasteiger charge is -2.20. The van der Waals surface area contributed by atoms with Crippen LogP contribution in [0.1, 0.15) is 34.6 Å². The van der Waals surface area contributed by atoms with Crippen LogP contribution in [0.15, 0.2) is 130 Å². The maximum atomic E-state index is 12.2. The Morgan fingerprint density at radius 2 is 1.27 bits per heavy atom. The highest BCUT2D eigenvalue weighted by molar-refractivity contribution is 8.20. The van der Waals surface area contributed by atoms with E-state index in [2.05, 4.69) is 5.32 Å². The molecule has 1 N–H and O–H groups in total. The van der Waals surface area contributed by atoms with Crippen LogP contribution in [0.5, 0.6) is 0 Å². The molecule has 0 atom stereocenters. The Morgan fingerprint density at radius 3 is 1.80 bits per heavy atom. The average molecular weight is 635 g/mol. The molecule has 45 heavy (non-hydrogen) atoms. The fraction of sp³-hybridized carbons (Fsp3) is 0.114. The summed E-state index contributed by atoms with van der Waals surface area (Å²) in [5, 5.41) is 4.68. The molecule has 0 bridgehead atoms. The Bertz CT molecular complexity index is 1760. The Labute approximate surface area is 271 Å². The van der Waals surface area contributed by atoms with Gasteiger partial charge in [-0.1, -0.05) is 48.6 Å². The van der Waals surface area contributed by atoms with E-state index >= 15 is 0 Å². The second kappa shape index (κ2) is 15.1. The van der Waals surface area contributed by atoms with Crippen LogP contribution in [-0.2, 0) is 9.47 Å². The number of esters is 2. The Morgan fingerprint density at radius 1 is 0.756 bits per heavy atom. The van der Waals surface area contributed by atoms with E-state index in [0.29, 0.717) is 51.6 Å². The number of thioether (sulfide) groups is 1. The van der Waals surface area contributed by atoms with Crippen LogP contribution in [0.2, 0.25) is 0 Å². The summed E-state index contributed by atoms with van der Waals surface area (Å²) in [5.41, 5.74) is 3.88. The van der Waals surface area contributed by atoms with Crippen molar-refractivity contribution < 1.29 is 19.1 Å². The molecule has 0 unspecified atom stereocenters.